The summed E-state index contributed by atoms with van der Waals surface area (Å²) in [6, 6.07) is 0. The molecule has 0 aromatic heterocycles. The predicted molar refractivity (Wildman–Crippen MR) is 50.4 cm³/mol. The molecule has 0 saturated carbocycles. The van der Waals surface area contributed by atoms with Crippen LogP contribution in [0, 0.1) is 0 Å². The topological polar surface area (TPSA) is 83.8 Å². The number of aliphatic hydroxyl groups is 1. The summed E-state index contributed by atoms with van der Waals surface area (Å²) in [5.74, 6) is -1.57. The molecule has 0 saturated heterocycles. The molecule has 0 amide bonds. The predicted octanol–water partition coefficient (Wildman–Crippen LogP) is 0.701. The van der Waals surface area contributed by atoms with E-state index in [1.165, 1.54) is 0 Å². The number of esters is 1. The van der Waals surface area contributed by atoms with Gasteiger partial charge in [-0.25, -0.2) is 9.59 Å². The van der Waals surface area contributed by atoms with Crippen LogP contribution in [0.4, 0.5) is 0 Å². The van der Waals surface area contributed by atoms with E-state index in [0.29, 0.717) is 6.42 Å². The van der Waals surface area contributed by atoms with Gasteiger partial charge in [0.1, 0.15) is 0 Å². The third-order valence-corrected chi connectivity index (χ3v) is 0.943. The molecule has 80 valence electrons. The van der Waals surface area contributed by atoms with Gasteiger partial charge in [-0.15, -0.1) is 0 Å². The zero-order valence-corrected chi connectivity index (χ0v) is 7.97. The second-order valence-electron chi connectivity index (χ2n) is 2.05. The normalized spacial score (nSPS) is 10.1. The van der Waals surface area contributed by atoms with E-state index in [1.54, 1.807) is 6.92 Å². The highest BCUT2D eigenvalue weighted by Crippen LogP contribution is 1.92. The summed E-state index contributed by atoms with van der Waals surface area (Å²) in [5, 5.41) is 16.3. The van der Waals surface area contributed by atoms with Crippen molar-refractivity contribution >= 4 is 11.9 Å². The molecule has 0 fully saturated rings. The number of carboxylic acid groups (broad SMARTS) is 1. The van der Waals surface area contributed by atoms with Crippen LogP contribution in [0.2, 0.25) is 0 Å². The number of ether oxygens (including phenoxy) is 1. The Hall–Kier alpha value is -1.62. The molecular weight excluding hydrogens is 188 g/mol. The van der Waals surface area contributed by atoms with Crippen LogP contribution in [0.5, 0.6) is 0 Å². The van der Waals surface area contributed by atoms with Gasteiger partial charge in [-0.2, -0.15) is 0 Å². The SMILES string of the molecule is C=CC(=O)O.C=CC(=O)OC(O)CC. The molecule has 5 nitrogen and oxygen atoms in total. The molecule has 0 aromatic rings. The molecule has 5 heteroatoms. The fourth-order valence-corrected chi connectivity index (χ4v) is 0.266. The molecule has 0 aliphatic carbocycles. The van der Waals surface area contributed by atoms with Crippen LogP contribution in [0.1, 0.15) is 13.3 Å². The minimum Gasteiger partial charge on any atom is -0.478 e. The van der Waals surface area contributed by atoms with Crippen molar-refractivity contribution in [1.29, 1.82) is 0 Å². The summed E-state index contributed by atoms with van der Waals surface area (Å²) >= 11 is 0. The Morgan fingerprint density at radius 3 is 2.07 bits per heavy atom. The van der Waals surface area contributed by atoms with Crippen molar-refractivity contribution in [2.45, 2.75) is 19.6 Å². The van der Waals surface area contributed by atoms with Gasteiger partial charge in [0.15, 0.2) is 0 Å². The van der Waals surface area contributed by atoms with Gasteiger partial charge >= 0.3 is 11.9 Å². The number of hydrogen-bond donors (Lipinski definition) is 2. The standard InChI is InChI=1S/C6H10O3.C3H4O2/c1-3-5(7)9-6(8)4-2;1-2-3(4)5/h3,6,8H,1,4H2,2H3;2H,1H2,(H,4,5). The summed E-state index contributed by atoms with van der Waals surface area (Å²) < 4.78 is 4.35. The number of rotatable bonds is 4. The molecule has 0 aliphatic rings. The molecule has 14 heavy (non-hydrogen) atoms. The highest BCUT2D eigenvalue weighted by Gasteiger charge is 2.02. The zero-order valence-electron chi connectivity index (χ0n) is 7.97. The monoisotopic (exact) mass is 202 g/mol. The van der Waals surface area contributed by atoms with Crippen LogP contribution in [0.25, 0.3) is 0 Å². The fourth-order valence-electron chi connectivity index (χ4n) is 0.266. The second kappa shape index (κ2) is 9.47. The second-order valence-corrected chi connectivity index (χ2v) is 2.05. The number of carboxylic acids is 1. The van der Waals surface area contributed by atoms with Gasteiger partial charge in [0.25, 0.3) is 0 Å². The van der Waals surface area contributed by atoms with Gasteiger partial charge in [-0.05, 0) is 0 Å². The number of carbonyl (C=O) groups is 2. The lowest BCUT2D eigenvalue weighted by molar-refractivity contribution is -0.161. The number of carbonyl (C=O) groups excluding carboxylic acids is 1. The van der Waals surface area contributed by atoms with E-state index < -0.39 is 18.2 Å². The third kappa shape index (κ3) is 13.0. The first-order valence-electron chi connectivity index (χ1n) is 3.84. The molecule has 0 rings (SSSR count). The molecule has 0 heterocycles. The fraction of sp³-hybridized carbons (Fsp3) is 0.333. The Morgan fingerprint density at radius 2 is 1.86 bits per heavy atom. The molecular formula is C9H14O5. The van der Waals surface area contributed by atoms with Crippen molar-refractivity contribution in [1.82, 2.24) is 0 Å². The average molecular weight is 202 g/mol. The first-order chi connectivity index (χ1) is 6.47. The number of aliphatic hydroxyl groups excluding tert-OH is 1. The molecule has 1 atom stereocenters. The largest absolute Gasteiger partial charge is 0.478 e. The van der Waals surface area contributed by atoms with Gasteiger partial charge in [-0.1, -0.05) is 20.1 Å². The number of hydrogen-bond acceptors (Lipinski definition) is 4. The molecule has 0 radical (unpaired) electrons. The van der Waals surface area contributed by atoms with Crippen molar-refractivity contribution in [2.75, 3.05) is 0 Å². The van der Waals surface area contributed by atoms with E-state index in [2.05, 4.69) is 17.9 Å². The molecule has 2 N–H and O–H groups in total. The van der Waals surface area contributed by atoms with Crippen LogP contribution >= 0.6 is 0 Å². The summed E-state index contributed by atoms with van der Waals surface area (Å²) in [5.41, 5.74) is 0. The van der Waals surface area contributed by atoms with Gasteiger partial charge in [0.05, 0.1) is 0 Å². The van der Waals surface area contributed by atoms with Crippen molar-refractivity contribution < 1.29 is 24.5 Å². The van der Waals surface area contributed by atoms with Gasteiger partial charge < -0.3 is 14.9 Å². The van der Waals surface area contributed by atoms with Crippen molar-refractivity contribution in [2.24, 2.45) is 0 Å². The third-order valence-electron chi connectivity index (χ3n) is 0.943. The molecule has 0 aliphatic heterocycles. The first kappa shape index (κ1) is 14.9. The van der Waals surface area contributed by atoms with Crippen molar-refractivity contribution in [3.8, 4) is 0 Å². The summed E-state index contributed by atoms with van der Waals surface area (Å²) in [7, 11) is 0. The maximum Gasteiger partial charge on any atom is 0.332 e. The molecule has 0 spiro atoms. The Balaban J connectivity index is 0. The van der Waals surface area contributed by atoms with E-state index in [1.807, 2.05) is 0 Å². The highest BCUT2D eigenvalue weighted by molar-refractivity contribution is 5.81. The Kier molecular flexibility index (Phi) is 10.1. The summed E-state index contributed by atoms with van der Waals surface area (Å²) in [6.45, 7) is 7.83. The maximum atomic E-state index is 10.3. The minimum atomic E-state index is -0.990. The summed E-state index contributed by atoms with van der Waals surface area (Å²) in [4.78, 5) is 19.5. The van der Waals surface area contributed by atoms with Crippen LogP contribution in [0.3, 0.4) is 0 Å². The van der Waals surface area contributed by atoms with Gasteiger partial charge in [-0.3, -0.25) is 0 Å². The van der Waals surface area contributed by atoms with E-state index in [9.17, 15) is 9.59 Å². The Morgan fingerprint density at radius 1 is 1.43 bits per heavy atom. The lowest BCUT2D eigenvalue weighted by Gasteiger charge is -2.05. The lowest BCUT2D eigenvalue weighted by Crippen LogP contribution is -2.14. The van der Waals surface area contributed by atoms with Crippen LogP contribution < -0.4 is 0 Å². The first-order valence-corrected chi connectivity index (χ1v) is 3.84. The van der Waals surface area contributed by atoms with E-state index in [4.69, 9.17) is 10.2 Å². The maximum absolute atomic E-state index is 10.3. The van der Waals surface area contributed by atoms with Crippen LogP contribution in [-0.2, 0) is 14.3 Å². The molecule has 0 bridgehead atoms. The van der Waals surface area contributed by atoms with E-state index in [0.717, 1.165) is 12.2 Å². The van der Waals surface area contributed by atoms with Gasteiger partial charge in [0.2, 0.25) is 6.29 Å². The quantitative estimate of drug-likeness (QED) is 0.398. The van der Waals surface area contributed by atoms with E-state index in [-0.39, 0.29) is 0 Å². The Labute approximate surface area is 82.3 Å². The lowest BCUT2D eigenvalue weighted by atomic mass is 10.5. The van der Waals surface area contributed by atoms with Crippen LogP contribution in [-0.4, -0.2) is 28.4 Å². The Bertz CT molecular complexity index is 209. The van der Waals surface area contributed by atoms with Crippen LogP contribution in [0.15, 0.2) is 25.3 Å². The smallest absolute Gasteiger partial charge is 0.332 e. The van der Waals surface area contributed by atoms with E-state index >= 15 is 0 Å². The van der Waals surface area contributed by atoms with Gasteiger partial charge in [0, 0.05) is 18.6 Å². The zero-order chi connectivity index (χ0) is 11.6. The van der Waals surface area contributed by atoms with Crippen molar-refractivity contribution in [3.63, 3.8) is 0 Å². The number of aliphatic carboxylic acids is 1. The average Bonchev–Trinajstić information content (AvgIpc) is 2.18. The minimum absolute atomic E-state index is 0.402. The molecule has 1 unspecified atom stereocenters. The molecule has 0 aromatic carbocycles. The highest BCUT2D eigenvalue weighted by atomic mass is 16.6. The summed E-state index contributed by atoms with van der Waals surface area (Å²) in [6.07, 6.45) is 1.26. The van der Waals surface area contributed by atoms with Crippen molar-refractivity contribution in [3.05, 3.63) is 25.3 Å².